The van der Waals surface area contributed by atoms with E-state index in [4.69, 9.17) is 0 Å². The van der Waals surface area contributed by atoms with E-state index in [1.807, 2.05) is 61.5 Å². The Labute approximate surface area is 278 Å². The van der Waals surface area contributed by atoms with Crippen LogP contribution in [0.5, 0.6) is 0 Å². The molecule has 246 valence electrons. The fraction of sp³-hybridized carbons (Fsp3) is 0.486. The van der Waals surface area contributed by atoms with Gasteiger partial charge in [-0.3, -0.25) is 14.4 Å². The molecule has 3 saturated heterocycles. The number of nitrogens with zero attached hydrogens (tertiary/aromatic N) is 4. The number of amides is 3. The molecular formula is C37H48N4O4S. The number of fused-ring (bicyclic) bond motifs is 1. The smallest absolute Gasteiger partial charge is 0.251 e. The first kappa shape index (κ1) is 33.8. The maximum atomic E-state index is 14.9. The number of carbonyl (C=O) groups is 3. The Kier molecular flexibility index (Phi) is 10.6. The Balaban J connectivity index is 1.53. The first-order valence-corrected chi connectivity index (χ1v) is 17.5. The molecule has 0 aliphatic carbocycles. The minimum absolute atomic E-state index is 0.0580. The fourth-order valence-electron chi connectivity index (χ4n) is 7.89. The van der Waals surface area contributed by atoms with Crippen LogP contribution in [0, 0.1) is 11.8 Å². The van der Waals surface area contributed by atoms with Gasteiger partial charge in [-0.1, -0.05) is 49.4 Å². The lowest BCUT2D eigenvalue weighted by molar-refractivity contribution is -0.145. The van der Waals surface area contributed by atoms with Crippen LogP contribution in [-0.2, 0) is 20.9 Å². The van der Waals surface area contributed by atoms with Gasteiger partial charge in [0.15, 0.2) is 0 Å². The van der Waals surface area contributed by atoms with Gasteiger partial charge in [-0.2, -0.15) is 0 Å². The quantitative estimate of drug-likeness (QED) is 0.271. The van der Waals surface area contributed by atoms with Crippen LogP contribution in [-0.4, -0.2) is 87.5 Å². The summed E-state index contributed by atoms with van der Waals surface area (Å²) in [6.07, 6.45) is 5.35. The van der Waals surface area contributed by atoms with E-state index in [0.29, 0.717) is 25.9 Å². The Hall–Kier alpha value is -3.56. The molecule has 0 aromatic heterocycles. The van der Waals surface area contributed by atoms with Crippen LogP contribution in [0.1, 0.15) is 45.6 Å². The Bertz CT molecular complexity index is 1410. The predicted octanol–water partition coefficient (Wildman–Crippen LogP) is 5.13. The predicted molar refractivity (Wildman–Crippen MR) is 187 cm³/mol. The number of rotatable bonds is 15. The largest absolute Gasteiger partial charge is 0.394 e. The van der Waals surface area contributed by atoms with E-state index in [9.17, 15) is 19.5 Å². The third-order valence-corrected chi connectivity index (χ3v) is 12.0. The molecule has 9 heteroatoms. The molecule has 3 fully saturated rings. The maximum Gasteiger partial charge on any atom is 0.251 e. The van der Waals surface area contributed by atoms with Crippen LogP contribution in [0.15, 0.2) is 79.9 Å². The standard InChI is InChI=1S/C37H48N4O4S/c1-6-22-39(24-26-14-12-11-13-15-26)34(43)31-30-20-21-37(46-30)32(31)35(44)41(27(8-3)25-42)33(37)36(45)40(23-7-2)29-18-16-28(17-19-29)38(9-4)10-5/h6-7,11-19,27,30-33,42H,1-2,8-10,20-25H2,3-5H3/t27-,30+,31-,32-,33?,37?/m0/s1. The number of anilines is 2. The molecule has 3 aliphatic heterocycles. The zero-order valence-corrected chi connectivity index (χ0v) is 28.2. The number of likely N-dealkylation sites (tertiary alicyclic amines) is 1. The van der Waals surface area contributed by atoms with Crippen molar-refractivity contribution in [2.75, 3.05) is 42.6 Å². The van der Waals surface area contributed by atoms with Crippen LogP contribution in [0.3, 0.4) is 0 Å². The lowest BCUT2D eigenvalue weighted by Crippen LogP contribution is -2.57. The van der Waals surface area contributed by atoms with Gasteiger partial charge >= 0.3 is 0 Å². The van der Waals surface area contributed by atoms with Crippen LogP contribution in [0.2, 0.25) is 0 Å². The van der Waals surface area contributed by atoms with Gasteiger partial charge in [-0.05, 0) is 62.9 Å². The van der Waals surface area contributed by atoms with E-state index in [0.717, 1.165) is 36.4 Å². The molecule has 8 nitrogen and oxygen atoms in total. The van der Waals surface area contributed by atoms with Crippen molar-refractivity contribution < 1.29 is 19.5 Å². The van der Waals surface area contributed by atoms with E-state index in [1.54, 1.807) is 38.6 Å². The zero-order valence-electron chi connectivity index (χ0n) is 27.4. The van der Waals surface area contributed by atoms with Crippen molar-refractivity contribution in [3.8, 4) is 0 Å². The number of hydrogen-bond acceptors (Lipinski definition) is 6. The van der Waals surface area contributed by atoms with Crippen molar-refractivity contribution in [3.63, 3.8) is 0 Å². The van der Waals surface area contributed by atoms with Gasteiger partial charge in [-0.25, -0.2) is 0 Å². The van der Waals surface area contributed by atoms with Gasteiger partial charge in [0.2, 0.25) is 11.8 Å². The van der Waals surface area contributed by atoms with Crippen LogP contribution in [0.4, 0.5) is 11.4 Å². The molecule has 1 spiro atoms. The highest BCUT2D eigenvalue weighted by atomic mass is 32.2. The van der Waals surface area contributed by atoms with E-state index < -0.39 is 28.7 Å². The third-order valence-electron chi connectivity index (χ3n) is 10.1. The molecular weight excluding hydrogens is 596 g/mol. The second-order valence-electron chi connectivity index (χ2n) is 12.5. The van der Waals surface area contributed by atoms with Crippen LogP contribution < -0.4 is 9.80 Å². The van der Waals surface area contributed by atoms with E-state index in [2.05, 4.69) is 31.9 Å². The average molecular weight is 645 g/mol. The third kappa shape index (κ3) is 5.88. The van der Waals surface area contributed by atoms with Gasteiger partial charge in [0.25, 0.3) is 5.91 Å². The molecule has 2 unspecified atom stereocenters. The molecule has 2 aromatic carbocycles. The lowest BCUT2D eigenvalue weighted by atomic mass is 9.70. The molecule has 2 aromatic rings. The van der Waals surface area contributed by atoms with Crippen molar-refractivity contribution >= 4 is 40.9 Å². The summed E-state index contributed by atoms with van der Waals surface area (Å²) in [7, 11) is 0. The summed E-state index contributed by atoms with van der Waals surface area (Å²) in [5.41, 5.74) is 2.82. The van der Waals surface area contributed by atoms with Gasteiger partial charge in [0.1, 0.15) is 6.04 Å². The van der Waals surface area contributed by atoms with Crippen molar-refractivity contribution in [2.45, 2.75) is 68.7 Å². The molecule has 1 N–H and O–H groups in total. The second-order valence-corrected chi connectivity index (χ2v) is 14.1. The Morgan fingerprint density at radius 2 is 1.65 bits per heavy atom. The highest BCUT2D eigenvalue weighted by Crippen LogP contribution is 2.67. The number of benzene rings is 2. The monoisotopic (exact) mass is 644 g/mol. The molecule has 0 saturated carbocycles. The minimum Gasteiger partial charge on any atom is -0.394 e. The van der Waals surface area contributed by atoms with Gasteiger partial charge in [-0.15, -0.1) is 24.9 Å². The lowest BCUT2D eigenvalue weighted by Gasteiger charge is -2.39. The van der Waals surface area contributed by atoms with Crippen molar-refractivity contribution in [1.29, 1.82) is 0 Å². The van der Waals surface area contributed by atoms with Crippen molar-refractivity contribution in [1.82, 2.24) is 9.80 Å². The maximum absolute atomic E-state index is 14.9. The fourth-order valence-corrected chi connectivity index (χ4v) is 10.1. The molecule has 5 rings (SSSR count). The number of hydrogen-bond donors (Lipinski definition) is 1. The Morgan fingerprint density at radius 3 is 2.24 bits per heavy atom. The number of thioether (sulfide) groups is 1. The van der Waals surface area contributed by atoms with E-state index >= 15 is 0 Å². The number of aliphatic hydroxyl groups is 1. The average Bonchev–Trinajstić information content (AvgIpc) is 3.72. The zero-order chi connectivity index (χ0) is 33.0. The highest BCUT2D eigenvalue weighted by molar-refractivity contribution is 8.02. The van der Waals surface area contributed by atoms with Gasteiger partial charge in [0.05, 0.1) is 29.2 Å². The number of carbonyl (C=O) groups excluding carboxylic acids is 3. The normalized spacial score (nSPS) is 25.2. The minimum atomic E-state index is -0.806. The summed E-state index contributed by atoms with van der Waals surface area (Å²) in [5.74, 6) is -1.64. The number of aliphatic hydroxyl groups excluding tert-OH is 1. The second kappa shape index (κ2) is 14.5. The highest BCUT2D eigenvalue weighted by Gasteiger charge is 2.74. The van der Waals surface area contributed by atoms with Crippen molar-refractivity contribution in [2.24, 2.45) is 11.8 Å². The van der Waals surface area contributed by atoms with E-state index in [-0.39, 0.29) is 36.1 Å². The summed E-state index contributed by atoms with van der Waals surface area (Å²) < 4.78 is -0.755. The molecule has 3 aliphatic rings. The molecule has 46 heavy (non-hydrogen) atoms. The Morgan fingerprint density at radius 1 is 1.00 bits per heavy atom. The summed E-state index contributed by atoms with van der Waals surface area (Å²) in [6.45, 7) is 16.6. The van der Waals surface area contributed by atoms with E-state index in [1.165, 1.54) is 0 Å². The summed E-state index contributed by atoms with van der Waals surface area (Å²) in [4.78, 5) is 51.4. The SMILES string of the molecule is C=CCN(Cc1ccccc1)C(=O)[C@@H]1[C@H]2C(=O)N([C@@H](CC)CO)C(C(=O)N(CC=C)c3ccc(N(CC)CC)cc3)C23CC[C@H]1S3. The summed E-state index contributed by atoms with van der Waals surface area (Å²) in [5, 5.41) is 10.4. The van der Waals surface area contributed by atoms with Crippen LogP contribution in [0.25, 0.3) is 0 Å². The van der Waals surface area contributed by atoms with Crippen molar-refractivity contribution in [3.05, 3.63) is 85.5 Å². The van der Waals surface area contributed by atoms with Gasteiger partial charge < -0.3 is 24.7 Å². The summed E-state index contributed by atoms with van der Waals surface area (Å²) in [6, 6.07) is 16.5. The summed E-state index contributed by atoms with van der Waals surface area (Å²) >= 11 is 1.66. The first-order valence-electron chi connectivity index (χ1n) is 16.6. The molecule has 0 radical (unpaired) electrons. The first-order chi connectivity index (χ1) is 22.3. The van der Waals surface area contributed by atoms with Crippen LogP contribution >= 0.6 is 11.8 Å². The topological polar surface area (TPSA) is 84.4 Å². The molecule has 3 heterocycles. The molecule has 2 bridgehead atoms. The van der Waals surface area contributed by atoms with Gasteiger partial charge in [0, 0.05) is 49.3 Å². The molecule has 6 atom stereocenters. The molecule has 3 amide bonds.